The van der Waals surface area contributed by atoms with E-state index in [4.69, 9.17) is 0 Å². The zero-order valence-corrected chi connectivity index (χ0v) is 12.7. The number of aromatic nitrogens is 2. The van der Waals surface area contributed by atoms with E-state index >= 15 is 0 Å². The molecular weight excluding hydrogens is 376 g/mol. The molecule has 1 aromatic heterocycles. The third kappa shape index (κ3) is 3.21. The first kappa shape index (κ1) is 14.6. The van der Waals surface area contributed by atoms with Gasteiger partial charge in [0.2, 0.25) is 5.91 Å². The number of anilines is 1. The quantitative estimate of drug-likeness (QED) is 0.819. The third-order valence-corrected chi connectivity index (χ3v) is 3.86. The molecule has 0 aliphatic carbocycles. The third-order valence-electron chi connectivity index (χ3n) is 2.62. The van der Waals surface area contributed by atoms with Gasteiger partial charge in [-0.15, -0.1) is 0 Å². The molecule has 0 aliphatic rings. The lowest BCUT2D eigenvalue weighted by molar-refractivity contribution is -0.116. The molecule has 20 heavy (non-hydrogen) atoms. The maximum absolute atomic E-state index is 13.4. The molecule has 2 aromatic rings. The number of para-hydroxylation sites is 1. The predicted molar refractivity (Wildman–Crippen MR) is 81.0 cm³/mol. The number of benzene rings is 1. The Kier molecular flexibility index (Phi) is 4.48. The van der Waals surface area contributed by atoms with Gasteiger partial charge in [-0.1, -0.05) is 12.1 Å². The van der Waals surface area contributed by atoms with Gasteiger partial charge in [0.15, 0.2) is 0 Å². The fraction of sp³-hybridized carbons (Fsp3) is 0.154. The first-order valence-corrected chi connectivity index (χ1v) is 6.83. The Morgan fingerprint density at radius 2 is 2.15 bits per heavy atom. The Bertz CT molecular complexity index is 715. The van der Waals surface area contributed by atoms with Crippen molar-refractivity contribution in [3.8, 4) is 0 Å². The molecule has 104 valence electrons. The van der Waals surface area contributed by atoms with Crippen molar-refractivity contribution in [2.45, 2.75) is 13.5 Å². The van der Waals surface area contributed by atoms with Gasteiger partial charge in [0.25, 0.3) is 5.56 Å². The maximum Gasteiger partial charge on any atom is 0.267 e. The van der Waals surface area contributed by atoms with E-state index in [2.05, 4.69) is 10.3 Å². The maximum atomic E-state index is 13.4. The van der Waals surface area contributed by atoms with Crippen molar-refractivity contribution in [2.75, 3.05) is 5.32 Å². The van der Waals surface area contributed by atoms with Crippen LogP contribution in [-0.4, -0.2) is 15.5 Å². The number of carbonyl (C=O) groups excluding carboxylic acids is 1. The zero-order chi connectivity index (χ0) is 14.7. The molecule has 0 saturated heterocycles. The molecule has 7 heteroatoms. The predicted octanol–water partition coefficient (Wildman–Crippen LogP) is 1.93. The number of carbonyl (C=O) groups is 1. The van der Waals surface area contributed by atoms with Crippen molar-refractivity contribution in [3.63, 3.8) is 0 Å². The first-order valence-electron chi connectivity index (χ1n) is 5.75. The highest BCUT2D eigenvalue weighted by molar-refractivity contribution is 14.1. The second-order valence-corrected chi connectivity index (χ2v) is 5.18. The van der Waals surface area contributed by atoms with E-state index in [1.807, 2.05) is 22.6 Å². The van der Waals surface area contributed by atoms with Crippen LogP contribution in [0.5, 0.6) is 0 Å². The van der Waals surface area contributed by atoms with Gasteiger partial charge in [-0.25, -0.2) is 9.37 Å². The van der Waals surface area contributed by atoms with E-state index in [0.29, 0.717) is 9.26 Å². The van der Waals surface area contributed by atoms with Gasteiger partial charge in [-0.3, -0.25) is 14.2 Å². The van der Waals surface area contributed by atoms with Gasteiger partial charge in [0, 0.05) is 0 Å². The van der Waals surface area contributed by atoms with E-state index in [1.165, 1.54) is 29.1 Å². The number of hydrogen-bond donors (Lipinski definition) is 1. The normalized spacial score (nSPS) is 10.3. The molecule has 0 saturated carbocycles. The molecule has 1 aromatic carbocycles. The summed E-state index contributed by atoms with van der Waals surface area (Å²) in [5.41, 5.74) is 0.406. The summed E-state index contributed by atoms with van der Waals surface area (Å²) in [7, 11) is 0. The van der Waals surface area contributed by atoms with E-state index in [1.54, 1.807) is 13.0 Å². The number of nitrogens with zero attached hydrogens (tertiary/aromatic N) is 2. The van der Waals surface area contributed by atoms with Crippen LogP contribution in [-0.2, 0) is 11.3 Å². The Hall–Kier alpha value is -1.77. The summed E-state index contributed by atoms with van der Waals surface area (Å²) < 4.78 is 15.0. The van der Waals surface area contributed by atoms with Crippen LogP contribution in [0.2, 0.25) is 0 Å². The van der Waals surface area contributed by atoms with E-state index in [0.717, 1.165) is 0 Å². The highest BCUT2D eigenvalue weighted by Gasteiger charge is 2.10. The Labute approximate surface area is 128 Å². The standard InChI is InChI=1S/C13H11FIN3O2/c1-8-12(15)13(20)18(7-16-8)6-11(19)17-10-5-3-2-4-9(10)14/h2-5,7H,6H2,1H3,(H,17,19). The molecule has 0 atom stereocenters. The topological polar surface area (TPSA) is 64.0 Å². The Balaban J connectivity index is 2.15. The minimum absolute atomic E-state index is 0.0836. The molecule has 5 nitrogen and oxygen atoms in total. The van der Waals surface area contributed by atoms with Gasteiger partial charge < -0.3 is 5.32 Å². The number of halogens is 2. The average molecular weight is 387 g/mol. The van der Waals surface area contributed by atoms with Crippen LogP contribution in [0.3, 0.4) is 0 Å². The van der Waals surface area contributed by atoms with Crippen molar-refractivity contribution in [3.05, 3.63) is 56.0 Å². The van der Waals surface area contributed by atoms with E-state index in [-0.39, 0.29) is 17.8 Å². The van der Waals surface area contributed by atoms with Crippen molar-refractivity contribution in [1.82, 2.24) is 9.55 Å². The summed E-state index contributed by atoms with van der Waals surface area (Å²) in [5.74, 6) is -1.01. The summed E-state index contributed by atoms with van der Waals surface area (Å²) in [5, 5.41) is 2.42. The molecule has 0 unspecified atom stereocenters. The minimum atomic E-state index is -0.523. The van der Waals surface area contributed by atoms with Gasteiger partial charge >= 0.3 is 0 Å². The lowest BCUT2D eigenvalue weighted by atomic mass is 10.3. The summed E-state index contributed by atoms with van der Waals surface area (Å²) >= 11 is 1.88. The lowest BCUT2D eigenvalue weighted by Gasteiger charge is -2.08. The summed E-state index contributed by atoms with van der Waals surface area (Å²) in [6.45, 7) is 1.50. The van der Waals surface area contributed by atoms with Gasteiger partial charge in [-0.2, -0.15) is 0 Å². The molecule has 0 radical (unpaired) electrons. The number of nitrogens with one attached hydrogen (secondary N) is 1. The van der Waals surface area contributed by atoms with Crippen molar-refractivity contribution >= 4 is 34.2 Å². The highest BCUT2D eigenvalue weighted by Crippen LogP contribution is 2.12. The van der Waals surface area contributed by atoms with Crippen molar-refractivity contribution < 1.29 is 9.18 Å². The van der Waals surface area contributed by atoms with E-state index < -0.39 is 11.7 Å². The molecule has 0 aliphatic heterocycles. The first-order chi connectivity index (χ1) is 9.49. The molecule has 1 heterocycles. The fourth-order valence-electron chi connectivity index (χ4n) is 1.57. The smallest absolute Gasteiger partial charge is 0.267 e. The number of hydrogen-bond acceptors (Lipinski definition) is 3. The van der Waals surface area contributed by atoms with E-state index in [9.17, 15) is 14.0 Å². The fourth-order valence-corrected chi connectivity index (χ4v) is 2.01. The molecule has 0 bridgehead atoms. The van der Waals surface area contributed by atoms with Gasteiger partial charge in [-0.05, 0) is 41.6 Å². The van der Waals surface area contributed by atoms with Crippen LogP contribution >= 0.6 is 22.6 Å². The monoisotopic (exact) mass is 387 g/mol. The van der Waals surface area contributed by atoms with Crippen LogP contribution in [0.1, 0.15) is 5.69 Å². The molecule has 1 N–H and O–H groups in total. The summed E-state index contributed by atoms with van der Waals surface area (Å²) in [6, 6.07) is 5.84. The molecule has 0 spiro atoms. The highest BCUT2D eigenvalue weighted by atomic mass is 127. The van der Waals surface area contributed by atoms with Crippen molar-refractivity contribution in [1.29, 1.82) is 0 Å². The molecule has 2 rings (SSSR count). The summed E-state index contributed by atoms with van der Waals surface area (Å²) in [6.07, 6.45) is 1.31. The lowest BCUT2D eigenvalue weighted by Crippen LogP contribution is -2.30. The van der Waals surface area contributed by atoms with Crippen LogP contribution in [0.4, 0.5) is 10.1 Å². The van der Waals surface area contributed by atoms with Crippen molar-refractivity contribution in [2.24, 2.45) is 0 Å². The molecule has 1 amide bonds. The second kappa shape index (κ2) is 6.12. The largest absolute Gasteiger partial charge is 0.322 e. The van der Waals surface area contributed by atoms with Gasteiger partial charge in [0.1, 0.15) is 12.4 Å². The molecule has 0 fully saturated rings. The molecular formula is C13H11FIN3O2. The number of aryl methyl sites for hydroxylation is 1. The van der Waals surface area contributed by atoms with Crippen LogP contribution in [0, 0.1) is 16.3 Å². The van der Waals surface area contributed by atoms with Crippen LogP contribution < -0.4 is 10.9 Å². The minimum Gasteiger partial charge on any atom is -0.322 e. The SMILES string of the molecule is Cc1ncn(CC(=O)Nc2ccccc2F)c(=O)c1I. The summed E-state index contributed by atoms with van der Waals surface area (Å²) in [4.78, 5) is 27.7. The van der Waals surface area contributed by atoms with Crippen LogP contribution in [0.25, 0.3) is 0 Å². The Morgan fingerprint density at radius 3 is 2.85 bits per heavy atom. The average Bonchev–Trinajstić information content (AvgIpc) is 2.42. The Morgan fingerprint density at radius 1 is 1.45 bits per heavy atom. The number of amides is 1. The van der Waals surface area contributed by atoms with Crippen LogP contribution in [0.15, 0.2) is 35.4 Å². The second-order valence-electron chi connectivity index (χ2n) is 4.11. The van der Waals surface area contributed by atoms with Gasteiger partial charge in [0.05, 0.1) is 21.3 Å². The zero-order valence-electron chi connectivity index (χ0n) is 10.6. The number of rotatable bonds is 3.